The van der Waals surface area contributed by atoms with Crippen LogP contribution in [-0.4, -0.2) is 36.5 Å². The third kappa shape index (κ3) is 4.32. The molecule has 3 N–H and O–H groups in total. The van der Waals surface area contributed by atoms with E-state index in [-0.39, 0.29) is 11.9 Å². The van der Waals surface area contributed by atoms with E-state index in [1.165, 1.54) is 5.56 Å². The number of nitrogens with zero attached hydrogens (tertiary/aromatic N) is 1. The third-order valence-electron chi connectivity index (χ3n) is 4.03. The molecule has 0 radical (unpaired) electrons. The van der Waals surface area contributed by atoms with Crippen LogP contribution in [0.1, 0.15) is 24.5 Å². The van der Waals surface area contributed by atoms with Gasteiger partial charge in [0.2, 0.25) is 5.91 Å². The minimum absolute atomic E-state index is 0.0934. The summed E-state index contributed by atoms with van der Waals surface area (Å²) in [6.07, 6.45) is 1.10. The SMILES string of the molecule is Cc1ccc(CNC(=O)CN2CCC(C(C)N)C2)cc1. The highest BCUT2D eigenvalue weighted by atomic mass is 16.2. The number of rotatable bonds is 5. The molecule has 4 nitrogen and oxygen atoms in total. The normalized spacial score (nSPS) is 20.9. The summed E-state index contributed by atoms with van der Waals surface area (Å²) < 4.78 is 0. The highest BCUT2D eigenvalue weighted by Crippen LogP contribution is 2.17. The Kier molecular flexibility index (Phi) is 5.15. The first-order valence-corrected chi connectivity index (χ1v) is 7.35. The van der Waals surface area contributed by atoms with Crippen molar-refractivity contribution in [3.8, 4) is 0 Å². The lowest BCUT2D eigenvalue weighted by Crippen LogP contribution is -2.37. The summed E-state index contributed by atoms with van der Waals surface area (Å²) in [7, 11) is 0. The minimum Gasteiger partial charge on any atom is -0.351 e. The summed E-state index contributed by atoms with van der Waals surface area (Å²) >= 11 is 0. The van der Waals surface area contributed by atoms with E-state index < -0.39 is 0 Å². The zero-order chi connectivity index (χ0) is 14.5. The first-order chi connectivity index (χ1) is 9.54. The van der Waals surface area contributed by atoms with Gasteiger partial charge in [0.05, 0.1) is 6.54 Å². The number of nitrogens with two attached hydrogens (primary N) is 1. The fraction of sp³-hybridized carbons (Fsp3) is 0.562. The Morgan fingerprint density at radius 1 is 1.45 bits per heavy atom. The molecule has 2 unspecified atom stereocenters. The van der Waals surface area contributed by atoms with Gasteiger partial charge in [-0.25, -0.2) is 0 Å². The first-order valence-electron chi connectivity index (χ1n) is 7.35. The molecule has 1 heterocycles. The predicted octanol–water partition coefficient (Wildman–Crippen LogP) is 1.28. The van der Waals surface area contributed by atoms with Crippen molar-refractivity contribution in [2.75, 3.05) is 19.6 Å². The van der Waals surface area contributed by atoms with Crippen LogP contribution in [0.15, 0.2) is 24.3 Å². The van der Waals surface area contributed by atoms with Gasteiger partial charge < -0.3 is 11.1 Å². The maximum atomic E-state index is 11.9. The number of nitrogens with one attached hydrogen (secondary N) is 1. The molecule has 110 valence electrons. The second-order valence-electron chi connectivity index (χ2n) is 5.91. The van der Waals surface area contributed by atoms with Gasteiger partial charge in [0.1, 0.15) is 0 Å². The fourth-order valence-corrected chi connectivity index (χ4v) is 2.60. The smallest absolute Gasteiger partial charge is 0.234 e. The summed E-state index contributed by atoms with van der Waals surface area (Å²) in [4.78, 5) is 14.1. The molecular formula is C16H25N3O. The highest BCUT2D eigenvalue weighted by molar-refractivity contribution is 5.78. The average Bonchev–Trinajstić information content (AvgIpc) is 2.87. The molecule has 1 amide bonds. The molecule has 1 aromatic rings. The summed E-state index contributed by atoms with van der Waals surface area (Å²) in [5.41, 5.74) is 8.28. The summed E-state index contributed by atoms with van der Waals surface area (Å²) in [6, 6.07) is 8.45. The van der Waals surface area contributed by atoms with Gasteiger partial charge in [-0.15, -0.1) is 0 Å². The van der Waals surface area contributed by atoms with Gasteiger partial charge in [-0.05, 0) is 38.3 Å². The Morgan fingerprint density at radius 3 is 2.75 bits per heavy atom. The van der Waals surface area contributed by atoms with Crippen molar-refractivity contribution >= 4 is 5.91 Å². The third-order valence-corrected chi connectivity index (χ3v) is 4.03. The van der Waals surface area contributed by atoms with E-state index in [1.807, 2.05) is 6.92 Å². The molecule has 2 rings (SSSR count). The van der Waals surface area contributed by atoms with Crippen LogP contribution < -0.4 is 11.1 Å². The van der Waals surface area contributed by atoms with Gasteiger partial charge in [-0.2, -0.15) is 0 Å². The molecule has 4 heteroatoms. The van der Waals surface area contributed by atoms with Gasteiger partial charge in [0, 0.05) is 19.1 Å². The van der Waals surface area contributed by atoms with Crippen LogP contribution in [-0.2, 0) is 11.3 Å². The molecule has 1 aliphatic rings. The zero-order valence-electron chi connectivity index (χ0n) is 12.4. The van der Waals surface area contributed by atoms with E-state index >= 15 is 0 Å². The van der Waals surface area contributed by atoms with Crippen LogP contribution in [0.5, 0.6) is 0 Å². The van der Waals surface area contributed by atoms with Crippen molar-refractivity contribution in [2.24, 2.45) is 11.7 Å². The van der Waals surface area contributed by atoms with Crippen LogP contribution in [0.25, 0.3) is 0 Å². The number of hydrogen-bond donors (Lipinski definition) is 2. The Morgan fingerprint density at radius 2 is 2.15 bits per heavy atom. The van der Waals surface area contributed by atoms with Gasteiger partial charge in [-0.1, -0.05) is 29.8 Å². The topological polar surface area (TPSA) is 58.4 Å². The number of likely N-dealkylation sites (tertiary alicyclic amines) is 1. The standard InChI is InChI=1S/C16H25N3O/c1-12-3-5-14(6-4-12)9-18-16(20)11-19-8-7-15(10-19)13(2)17/h3-6,13,15H,7-11,17H2,1-2H3,(H,18,20). The molecular weight excluding hydrogens is 250 g/mol. The van der Waals surface area contributed by atoms with Crippen molar-refractivity contribution in [3.63, 3.8) is 0 Å². The van der Waals surface area contributed by atoms with Crippen LogP contribution in [0.4, 0.5) is 0 Å². The lowest BCUT2D eigenvalue weighted by molar-refractivity contribution is -0.122. The molecule has 1 aliphatic heterocycles. The number of amides is 1. The van der Waals surface area contributed by atoms with Crippen molar-refractivity contribution in [1.82, 2.24) is 10.2 Å². The number of hydrogen-bond acceptors (Lipinski definition) is 3. The lowest BCUT2D eigenvalue weighted by Gasteiger charge is -2.17. The van der Waals surface area contributed by atoms with Crippen LogP contribution in [0.2, 0.25) is 0 Å². The van der Waals surface area contributed by atoms with E-state index in [0.29, 0.717) is 19.0 Å². The molecule has 0 aromatic heterocycles. The van der Waals surface area contributed by atoms with Gasteiger partial charge in [0.15, 0.2) is 0 Å². The molecule has 0 bridgehead atoms. The van der Waals surface area contributed by atoms with E-state index in [1.54, 1.807) is 0 Å². The van der Waals surface area contributed by atoms with Gasteiger partial charge in [0.25, 0.3) is 0 Å². The number of carbonyl (C=O) groups excluding carboxylic acids is 1. The monoisotopic (exact) mass is 275 g/mol. The number of benzene rings is 1. The molecule has 1 aromatic carbocycles. The maximum absolute atomic E-state index is 11.9. The second-order valence-corrected chi connectivity index (χ2v) is 5.91. The number of carbonyl (C=O) groups is 1. The van der Waals surface area contributed by atoms with Crippen molar-refractivity contribution in [2.45, 2.75) is 32.9 Å². The van der Waals surface area contributed by atoms with Crippen LogP contribution in [0, 0.1) is 12.8 Å². The average molecular weight is 275 g/mol. The maximum Gasteiger partial charge on any atom is 0.234 e. The van der Waals surface area contributed by atoms with Gasteiger partial charge >= 0.3 is 0 Å². The van der Waals surface area contributed by atoms with E-state index in [9.17, 15) is 4.79 Å². The molecule has 0 aliphatic carbocycles. The Bertz CT molecular complexity index is 442. The van der Waals surface area contributed by atoms with Gasteiger partial charge in [-0.3, -0.25) is 9.69 Å². The van der Waals surface area contributed by atoms with E-state index in [2.05, 4.69) is 41.4 Å². The molecule has 2 atom stereocenters. The predicted molar refractivity (Wildman–Crippen MR) is 81.2 cm³/mol. The van der Waals surface area contributed by atoms with E-state index in [4.69, 9.17) is 5.73 Å². The Balaban J connectivity index is 1.72. The molecule has 0 saturated carbocycles. The Labute approximate surface area is 121 Å². The molecule has 20 heavy (non-hydrogen) atoms. The van der Waals surface area contributed by atoms with Crippen molar-refractivity contribution < 1.29 is 4.79 Å². The molecule has 0 spiro atoms. The fourth-order valence-electron chi connectivity index (χ4n) is 2.60. The summed E-state index contributed by atoms with van der Waals surface area (Å²) in [6.45, 7) is 7.11. The van der Waals surface area contributed by atoms with Crippen molar-refractivity contribution in [1.29, 1.82) is 0 Å². The molecule has 1 saturated heterocycles. The van der Waals surface area contributed by atoms with E-state index in [0.717, 1.165) is 25.1 Å². The van der Waals surface area contributed by atoms with Crippen LogP contribution >= 0.6 is 0 Å². The first kappa shape index (κ1) is 15.0. The highest BCUT2D eigenvalue weighted by Gasteiger charge is 2.26. The van der Waals surface area contributed by atoms with Crippen LogP contribution in [0.3, 0.4) is 0 Å². The summed E-state index contributed by atoms with van der Waals surface area (Å²) in [5, 5.41) is 2.98. The second kappa shape index (κ2) is 6.86. The largest absolute Gasteiger partial charge is 0.351 e. The quantitative estimate of drug-likeness (QED) is 0.851. The summed E-state index contributed by atoms with van der Waals surface area (Å²) in [5.74, 6) is 0.621. The Hall–Kier alpha value is -1.39. The molecule has 1 fully saturated rings. The van der Waals surface area contributed by atoms with Crippen molar-refractivity contribution in [3.05, 3.63) is 35.4 Å². The minimum atomic E-state index is 0.0934. The lowest BCUT2D eigenvalue weighted by atomic mass is 10.0. The zero-order valence-corrected chi connectivity index (χ0v) is 12.4. The number of aryl methyl sites for hydroxylation is 1.